The lowest BCUT2D eigenvalue weighted by Gasteiger charge is -2.09. The summed E-state index contributed by atoms with van der Waals surface area (Å²) in [5.41, 5.74) is -0.469. The van der Waals surface area contributed by atoms with E-state index in [1.165, 1.54) is 26.4 Å². The zero-order valence-corrected chi connectivity index (χ0v) is 15.2. The molecule has 148 valence electrons. The highest BCUT2D eigenvalue weighted by atomic mass is 19.4. The molecule has 0 spiro atoms. The number of carbonyl (C=O) groups is 1. The average Bonchev–Trinajstić information content (AvgIpc) is 2.69. The maximum Gasteiger partial charge on any atom is 0.416 e. The molecule has 0 bridgehead atoms. The van der Waals surface area contributed by atoms with Gasteiger partial charge in [0.2, 0.25) is 0 Å². The summed E-state index contributed by atoms with van der Waals surface area (Å²) >= 11 is 0. The summed E-state index contributed by atoms with van der Waals surface area (Å²) in [7, 11) is 2.95. The van der Waals surface area contributed by atoms with Crippen LogP contribution in [0.4, 0.5) is 13.2 Å². The second-order valence-corrected chi connectivity index (χ2v) is 5.42. The molecule has 0 aliphatic carbocycles. The van der Waals surface area contributed by atoms with Gasteiger partial charge in [-0.2, -0.15) is 13.2 Å². The number of hydrogen-bond acceptors (Lipinski definition) is 4. The van der Waals surface area contributed by atoms with Gasteiger partial charge < -0.3 is 19.5 Å². The molecule has 0 unspecified atom stereocenters. The summed E-state index contributed by atoms with van der Waals surface area (Å²) in [6.45, 7) is -0.0665. The Bertz CT molecular complexity index is 885. The molecule has 1 amide bonds. The van der Waals surface area contributed by atoms with Crippen LogP contribution in [0, 0.1) is 11.8 Å². The van der Waals surface area contributed by atoms with Gasteiger partial charge in [0, 0.05) is 6.07 Å². The molecule has 0 atom stereocenters. The molecule has 1 N–H and O–H groups in total. The summed E-state index contributed by atoms with van der Waals surface area (Å²) in [6, 6.07) is 9.32. The molecule has 2 rings (SSSR count). The van der Waals surface area contributed by atoms with Crippen molar-refractivity contribution in [3.63, 3.8) is 0 Å². The highest BCUT2D eigenvalue weighted by molar-refractivity contribution is 5.97. The van der Waals surface area contributed by atoms with E-state index in [1.54, 1.807) is 18.2 Å². The van der Waals surface area contributed by atoms with Gasteiger partial charge in [0.15, 0.2) is 0 Å². The van der Waals surface area contributed by atoms with Crippen LogP contribution in [0.5, 0.6) is 17.2 Å². The van der Waals surface area contributed by atoms with Crippen LogP contribution in [-0.4, -0.2) is 33.3 Å². The SMILES string of the molecule is COc1ccc(C(=O)NCC#CCOc2cccc(C(F)(F)F)c2)c(OC)c1. The molecule has 0 aliphatic rings. The smallest absolute Gasteiger partial charge is 0.416 e. The van der Waals surface area contributed by atoms with Gasteiger partial charge in [0.05, 0.1) is 31.9 Å². The van der Waals surface area contributed by atoms with E-state index in [0.717, 1.165) is 12.1 Å². The molecule has 2 aromatic rings. The van der Waals surface area contributed by atoms with Crippen LogP contribution in [0.15, 0.2) is 42.5 Å². The normalized spacial score (nSPS) is 10.5. The maximum atomic E-state index is 12.6. The molecule has 28 heavy (non-hydrogen) atoms. The number of alkyl halides is 3. The lowest BCUT2D eigenvalue weighted by molar-refractivity contribution is -0.137. The Morgan fingerprint density at radius 1 is 1.04 bits per heavy atom. The average molecular weight is 393 g/mol. The number of nitrogens with one attached hydrogen (secondary N) is 1. The van der Waals surface area contributed by atoms with Crippen LogP contribution >= 0.6 is 0 Å². The van der Waals surface area contributed by atoms with E-state index >= 15 is 0 Å². The predicted molar refractivity (Wildman–Crippen MR) is 96.6 cm³/mol. The minimum absolute atomic E-state index is 0.0416. The fraction of sp³-hybridized carbons (Fsp3) is 0.250. The third kappa shape index (κ3) is 5.84. The number of rotatable bonds is 6. The van der Waals surface area contributed by atoms with Crippen molar-refractivity contribution in [2.45, 2.75) is 6.18 Å². The topological polar surface area (TPSA) is 56.8 Å². The lowest BCUT2D eigenvalue weighted by atomic mass is 10.1. The zero-order valence-electron chi connectivity index (χ0n) is 15.2. The van der Waals surface area contributed by atoms with Crippen LogP contribution < -0.4 is 19.5 Å². The second-order valence-electron chi connectivity index (χ2n) is 5.42. The van der Waals surface area contributed by atoms with Gasteiger partial charge >= 0.3 is 6.18 Å². The number of ether oxygens (including phenoxy) is 3. The molecule has 0 aliphatic heterocycles. The summed E-state index contributed by atoms with van der Waals surface area (Å²) in [4.78, 5) is 12.2. The third-order valence-corrected chi connectivity index (χ3v) is 3.59. The van der Waals surface area contributed by atoms with Gasteiger partial charge in [-0.25, -0.2) is 0 Å². The van der Waals surface area contributed by atoms with Crippen LogP contribution in [-0.2, 0) is 6.18 Å². The Hall–Kier alpha value is -3.34. The fourth-order valence-corrected chi connectivity index (χ4v) is 2.20. The summed E-state index contributed by atoms with van der Waals surface area (Å²) in [6.07, 6.45) is -4.43. The Kier molecular flexibility index (Phi) is 7.15. The zero-order chi connectivity index (χ0) is 20.6. The van der Waals surface area contributed by atoms with Gasteiger partial charge in [-0.3, -0.25) is 4.79 Å². The van der Waals surface area contributed by atoms with Gasteiger partial charge in [-0.05, 0) is 30.3 Å². The first-order valence-corrected chi connectivity index (χ1v) is 8.11. The Labute approximate surface area is 160 Å². The molecule has 0 saturated heterocycles. The van der Waals surface area contributed by atoms with Crippen molar-refractivity contribution in [2.24, 2.45) is 0 Å². The highest BCUT2D eigenvalue weighted by Crippen LogP contribution is 2.31. The molecule has 0 heterocycles. The summed E-state index contributed by atoms with van der Waals surface area (Å²) in [5, 5.41) is 2.60. The summed E-state index contributed by atoms with van der Waals surface area (Å²) in [5.74, 6) is 5.89. The number of methoxy groups -OCH3 is 2. The third-order valence-electron chi connectivity index (χ3n) is 3.59. The minimum atomic E-state index is -4.43. The maximum absolute atomic E-state index is 12.6. The Balaban J connectivity index is 1.85. The van der Waals surface area contributed by atoms with Gasteiger partial charge in [-0.1, -0.05) is 17.9 Å². The number of halogens is 3. The largest absolute Gasteiger partial charge is 0.497 e. The lowest BCUT2D eigenvalue weighted by Crippen LogP contribution is -2.24. The summed E-state index contributed by atoms with van der Waals surface area (Å²) < 4.78 is 53.3. The fourth-order valence-electron chi connectivity index (χ4n) is 2.20. The van der Waals surface area contributed by atoms with Crippen LogP contribution in [0.2, 0.25) is 0 Å². The Morgan fingerprint density at radius 2 is 1.82 bits per heavy atom. The van der Waals surface area contributed by atoms with Crippen molar-refractivity contribution >= 4 is 5.91 Å². The highest BCUT2D eigenvalue weighted by Gasteiger charge is 2.30. The molecule has 8 heteroatoms. The van der Waals surface area contributed by atoms with Crippen LogP contribution in [0.3, 0.4) is 0 Å². The number of hydrogen-bond donors (Lipinski definition) is 1. The van der Waals surface area contributed by atoms with Crippen molar-refractivity contribution in [2.75, 3.05) is 27.4 Å². The Morgan fingerprint density at radius 3 is 2.50 bits per heavy atom. The van der Waals surface area contributed by atoms with E-state index < -0.39 is 11.7 Å². The molecular weight excluding hydrogens is 375 g/mol. The van der Waals surface area contributed by atoms with Gasteiger partial charge in [0.1, 0.15) is 23.9 Å². The molecule has 5 nitrogen and oxygen atoms in total. The standard InChI is InChI=1S/C20H18F3NO4/c1-26-15-8-9-17(18(13-15)27-2)19(25)24-10-3-4-11-28-16-7-5-6-14(12-16)20(21,22)23/h5-9,12-13H,10-11H2,1-2H3,(H,24,25). The van der Waals surface area contributed by atoms with Gasteiger partial charge in [0.25, 0.3) is 5.91 Å². The van der Waals surface area contributed by atoms with E-state index in [1.807, 2.05) is 0 Å². The second kappa shape index (κ2) is 9.55. The molecule has 2 aromatic carbocycles. The monoisotopic (exact) mass is 393 g/mol. The molecular formula is C20H18F3NO4. The van der Waals surface area contributed by atoms with E-state index in [4.69, 9.17) is 14.2 Å². The van der Waals surface area contributed by atoms with Crippen LogP contribution in [0.1, 0.15) is 15.9 Å². The number of amides is 1. The quantitative estimate of drug-likeness (QED) is 0.763. The van der Waals surface area contributed by atoms with Gasteiger partial charge in [-0.15, -0.1) is 0 Å². The van der Waals surface area contributed by atoms with E-state index in [2.05, 4.69) is 17.2 Å². The molecule has 0 aromatic heterocycles. The van der Waals surface area contributed by atoms with Crippen LogP contribution in [0.25, 0.3) is 0 Å². The van der Waals surface area contributed by atoms with E-state index in [0.29, 0.717) is 17.1 Å². The number of carbonyl (C=O) groups excluding carboxylic acids is 1. The van der Waals surface area contributed by atoms with Crippen molar-refractivity contribution in [1.82, 2.24) is 5.32 Å². The molecule has 0 saturated carbocycles. The van der Waals surface area contributed by atoms with E-state index in [-0.39, 0.29) is 24.8 Å². The van der Waals surface area contributed by atoms with Crippen molar-refractivity contribution in [1.29, 1.82) is 0 Å². The number of benzene rings is 2. The van der Waals surface area contributed by atoms with Crippen molar-refractivity contribution in [3.8, 4) is 29.1 Å². The van der Waals surface area contributed by atoms with E-state index in [9.17, 15) is 18.0 Å². The first-order chi connectivity index (χ1) is 13.3. The molecule has 0 fully saturated rings. The predicted octanol–water partition coefficient (Wildman–Crippen LogP) is 3.53. The first kappa shape index (κ1) is 21.0. The molecule has 0 radical (unpaired) electrons. The first-order valence-electron chi connectivity index (χ1n) is 8.11. The van der Waals surface area contributed by atoms with Crippen molar-refractivity contribution < 1.29 is 32.2 Å². The minimum Gasteiger partial charge on any atom is -0.497 e. The van der Waals surface area contributed by atoms with Crippen molar-refractivity contribution in [3.05, 3.63) is 53.6 Å².